The van der Waals surface area contributed by atoms with Gasteiger partial charge in [0, 0.05) is 57.4 Å². The van der Waals surface area contributed by atoms with Gasteiger partial charge in [0.2, 0.25) is 0 Å². The van der Waals surface area contributed by atoms with Crippen molar-refractivity contribution in [3.63, 3.8) is 0 Å². The highest BCUT2D eigenvalue weighted by Gasteiger charge is 2.17. The molecular weight excluding hydrogens is 631 g/mol. The topological polar surface area (TPSA) is 3.24 Å². The quantitative estimate of drug-likeness (QED) is 0.178. The van der Waals surface area contributed by atoms with Gasteiger partial charge in [-0.05, 0) is 93.7 Å². The smallest absolute Gasteiger partial charge is 0.0468 e. The van der Waals surface area contributed by atoms with E-state index in [4.69, 9.17) is 0 Å². The molecule has 2 aromatic heterocycles. The van der Waals surface area contributed by atoms with E-state index in [1.54, 1.807) is 0 Å². The first kappa shape index (κ1) is 28.3. The summed E-state index contributed by atoms with van der Waals surface area (Å²) in [5.41, 5.74) is 8.30. The van der Waals surface area contributed by atoms with Gasteiger partial charge < -0.3 is 4.90 Å². The van der Waals surface area contributed by atoms with Gasteiger partial charge in [-0.1, -0.05) is 115 Å². The highest BCUT2D eigenvalue weighted by atomic mass is 32.1. The predicted molar refractivity (Wildman–Crippen MR) is 215 cm³/mol. The van der Waals surface area contributed by atoms with E-state index >= 15 is 0 Å². The normalized spacial score (nSPS) is 11.7. The number of fused-ring (bicyclic) bond motifs is 8. The van der Waals surface area contributed by atoms with Crippen LogP contribution < -0.4 is 4.90 Å². The third-order valence-electron chi connectivity index (χ3n) is 9.65. The highest BCUT2D eigenvalue weighted by Crippen LogP contribution is 2.44. The van der Waals surface area contributed by atoms with Crippen LogP contribution in [0.25, 0.3) is 73.4 Å². The van der Waals surface area contributed by atoms with Crippen LogP contribution in [0.1, 0.15) is 0 Å². The fourth-order valence-corrected chi connectivity index (χ4v) is 9.55. The molecule has 1 nitrogen and oxygen atoms in total. The Morgan fingerprint density at radius 1 is 0.306 bits per heavy atom. The molecule has 230 valence electrons. The van der Waals surface area contributed by atoms with Crippen LogP contribution in [0.3, 0.4) is 0 Å². The predicted octanol–water partition coefficient (Wildman–Crippen LogP) is 14.4. The Bertz CT molecular complexity index is 2830. The summed E-state index contributed by atoms with van der Waals surface area (Å²) in [7, 11) is 0. The van der Waals surface area contributed by atoms with Gasteiger partial charge in [0.1, 0.15) is 0 Å². The van der Waals surface area contributed by atoms with Crippen molar-refractivity contribution in [2.24, 2.45) is 0 Å². The van der Waals surface area contributed by atoms with Crippen LogP contribution in [0.4, 0.5) is 17.1 Å². The van der Waals surface area contributed by atoms with E-state index in [9.17, 15) is 0 Å². The first-order valence-electron chi connectivity index (χ1n) is 16.6. The fourth-order valence-electron chi connectivity index (χ4n) is 7.24. The zero-order valence-electron chi connectivity index (χ0n) is 26.5. The van der Waals surface area contributed by atoms with Crippen molar-refractivity contribution in [1.29, 1.82) is 0 Å². The molecule has 0 fully saturated rings. The summed E-state index contributed by atoms with van der Waals surface area (Å²) < 4.78 is 5.29. The lowest BCUT2D eigenvalue weighted by Crippen LogP contribution is -2.09. The molecule has 0 aliphatic carbocycles. The Labute approximate surface area is 292 Å². The molecule has 0 atom stereocenters. The molecule has 0 spiro atoms. The molecule has 0 amide bonds. The molecule has 10 aromatic rings. The Morgan fingerprint density at radius 2 is 0.878 bits per heavy atom. The molecule has 49 heavy (non-hydrogen) atoms. The maximum Gasteiger partial charge on any atom is 0.0468 e. The summed E-state index contributed by atoms with van der Waals surface area (Å²) in [6.45, 7) is 0. The summed E-state index contributed by atoms with van der Waals surface area (Å²) in [5.74, 6) is 0. The maximum absolute atomic E-state index is 2.42. The van der Waals surface area contributed by atoms with Gasteiger partial charge in [-0.3, -0.25) is 0 Å². The highest BCUT2D eigenvalue weighted by molar-refractivity contribution is 7.26. The molecule has 0 bridgehead atoms. The van der Waals surface area contributed by atoms with Crippen molar-refractivity contribution < 1.29 is 0 Å². The molecule has 0 unspecified atom stereocenters. The third kappa shape index (κ3) is 4.82. The number of hydrogen-bond donors (Lipinski definition) is 0. The average molecular weight is 660 g/mol. The fraction of sp³-hybridized carbons (Fsp3) is 0. The number of rotatable bonds is 5. The van der Waals surface area contributed by atoms with Crippen molar-refractivity contribution in [3.05, 3.63) is 176 Å². The minimum atomic E-state index is 1.13. The lowest BCUT2D eigenvalue weighted by molar-refractivity contribution is 1.30. The van der Waals surface area contributed by atoms with E-state index < -0.39 is 0 Å². The Morgan fingerprint density at radius 3 is 1.65 bits per heavy atom. The van der Waals surface area contributed by atoms with E-state index in [0.717, 1.165) is 17.1 Å². The number of nitrogens with zero attached hydrogens (tertiary/aromatic N) is 1. The van der Waals surface area contributed by atoms with Crippen LogP contribution in [-0.4, -0.2) is 0 Å². The third-order valence-corrected chi connectivity index (χ3v) is 12.0. The second-order valence-corrected chi connectivity index (χ2v) is 14.7. The van der Waals surface area contributed by atoms with E-state index in [-0.39, 0.29) is 0 Å². The molecular formula is C46H29NS2. The molecule has 2 heterocycles. The number of hydrogen-bond acceptors (Lipinski definition) is 3. The van der Waals surface area contributed by atoms with Gasteiger partial charge in [0.25, 0.3) is 0 Å². The first-order chi connectivity index (χ1) is 24.3. The zero-order chi connectivity index (χ0) is 32.3. The van der Waals surface area contributed by atoms with Crippen LogP contribution in [0, 0.1) is 0 Å². The molecule has 0 aliphatic rings. The van der Waals surface area contributed by atoms with Gasteiger partial charge >= 0.3 is 0 Å². The second-order valence-electron chi connectivity index (χ2n) is 12.6. The number of thiophene rings is 2. The van der Waals surface area contributed by atoms with Gasteiger partial charge in [-0.15, -0.1) is 22.7 Å². The SMILES string of the molecule is c1ccc(-c2cccc(-c3ccc(N(c4ccc5sc6ccccc6c5c4)c4ccc5sc6c7ccccc7ccc6c5c4)cc3)c2)cc1. The molecule has 0 radical (unpaired) electrons. The lowest BCUT2D eigenvalue weighted by atomic mass is 9.99. The Hall–Kier alpha value is -5.74. The lowest BCUT2D eigenvalue weighted by Gasteiger charge is -2.26. The summed E-state index contributed by atoms with van der Waals surface area (Å²) >= 11 is 3.75. The van der Waals surface area contributed by atoms with Gasteiger partial charge in [0.05, 0.1) is 0 Å². The largest absolute Gasteiger partial charge is 0.310 e. The van der Waals surface area contributed by atoms with Crippen LogP contribution in [0.2, 0.25) is 0 Å². The molecule has 8 aromatic carbocycles. The van der Waals surface area contributed by atoms with Crippen molar-refractivity contribution in [3.8, 4) is 22.3 Å². The van der Waals surface area contributed by atoms with Crippen molar-refractivity contribution >= 4 is 90.9 Å². The molecule has 0 saturated heterocycles. The van der Waals surface area contributed by atoms with Crippen LogP contribution in [-0.2, 0) is 0 Å². The monoisotopic (exact) mass is 659 g/mol. The Balaban J connectivity index is 1.13. The summed E-state index contributed by atoms with van der Waals surface area (Å²) in [6, 6.07) is 64.4. The Kier molecular flexibility index (Phi) is 6.61. The molecule has 10 rings (SSSR count). The molecule has 0 saturated carbocycles. The van der Waals surface area contributed by atoms with Crippen LogP contribution in [0.15, 0.2) is 176 Å². The number of benzene rings is 8. The van der Waals surface area contributed by atoms with E-state index in [2.05, 4.69) is 181 Å². The summed E-state index contributed by atoms with van der Waals surface area (Å²) in [4.78, 5) is 2.42. The van der Waals surface area contributed by atoms with Crippen molar-refractivity contribution in [1.82, 2.24) is 0 Å². The second kappa shape index (κ2) is 11.5. The summed E-state index contributed by atoms with van der Waals surface area (Å²) in [6.07, 6.45) is 0. The first-order valence-corrected chi connectivity index (χ1v) is 18.2. The van der Waals surface area contributed by atoms with Crippen LogP contribution in [0.5, 0.6) is 0 Å². The van der Waals surface area contributed by atoms with E-state index in [1.807, 2.05) is 22.7 Å². The van der Waals surface area contributed by atoms with Crippen molar-refractivity contribution in [2.75, 3.05) is 4.90 Å². The molecule has 0 aliphatic heterocycles. The van der Waals surface area contributed by atoms with E-state index in [1.165, 1.54) is 73.4 Å². The summed E-state index contributed by atoms with van der Waals surface area (Å²) in [5, 5.41) is 7.82. The van der Waals surface area contributed by atoms with Gasteiger partial charge in [-0.25, -0.2) is 0 Å². The minimum absolute atomic E-state index is 1.13. The standard InChI is InChI=1S/C46H29NS2/c1-2-9-30(10-3-1)33-12-8-13-34(27-33)31-17-20-35(21-18-31)47(36-22-25-44-41(28-36)39-15-6-7-16-43(39)48-44)37-23-26-45-42(29-37)40-24-19-32-11-4-5-14-38(32)46(40)49-45/h1-29H. The zero-order valence-corrected chi connectivity index (χ0v) is 28.1. The van der Waals surface area contributed by atoms with E-state index in [0.29, 0.717) is 0 Å². The van der Waals surface area contributed by atoms with Crippen LogP contribution >= 0.6 is 22.7 Å². The average Bonchev–Trinajstić information content (AvgIpc) is 3.74. The number of anilines is 3. The van der Waals surface area contributed by atoms with Crippen molar-refractivity contribution in [2.45, 2.75) is 0 Å². The molecule has 3 heteroatoms. The van der Waals surface area contributed by atoms with Gasteiger partial charge in [-0.2, -0.15) is 0 Å². The minimum Gasteiger partial charge on any atom is -0.310 e. The maximum atomic E-state index is 2.42. The molecule has 0 N–H and O–H groups in total. The van der Waals surface area contributed by atoms with Gasteiger partial charge in [0.15, 0.2) is 0 Å².